The zero-order chi connectivity index (χ0) is 17.6. The summed E-state index contributed by atoms with van der Waals surface area (Å²) in [5.41, 5.74) is -0.101. The van der Waals surface area contributed by atoms with Crippen LogP contribution in [-0.2, 0) is 4.74 Å². The van der Waals surface area contributed by atoms with E-state index in [1.54, 1.807) is 20.8 Å². The molecule has 2 unspecified atom stereocenters. The largest absolute Gasteiger partial charge is 0.478 e. The molecule has 0 radical (unpaired) electrons. The molecule has 2 atom stereocenters. The van der Waals surface area contributed by atoms with Crippen LogP contribution < -0.4 is 5.32 Å². The molecule has 0 heterocycles. The number of carbonyl (C=O) groups excluding carboxylic acids is 1. The Bertz CT molecular complexity index is 534. The first-order valence-corrected chi connectivity index (χ1v) is 7.26. The van der Waals surface area contributed by atoms with Crippen LogP contribution >= 0.6 is 0 Å². The van der Waals surface area contributed by atoms with E-state index in [4.69, 9.17) is 9.84 Å². The van der Waals surface area contributed by atoms with Gasteiger partial charge in [-0.1, -0.05) is 12.1 Å². The van der Waals surface area contributed by atoms with E-state index in [-0.39, 0.29) is 18.5 Å². The van der Waals surface area contributed by atoms with E-state index in [0.29, 0.717) is 5.56 Å². The number of hydrogen-bond acceptors (Lipinski definition) is 5. The third-order valence-electron chi connectivity index (χ3n) is 2.97. The minimum Gasteiger partial charge on any atom is -0.478 e. The molecule has 0 fully saturated rings. The van der Waals surface area contributed by atoms with Crippen LogP contribution in [0.1, 0.15) is 49.2 Å². The first kappa shape index (κ1) is 18.9. The number of aliphatic hydroxyl groups is 2. The number of nitrogens with one attached hydrogen (secondary N) is 1. The first-order chi connectivity index (χ1) is 10.6. The summed E-state index contributed by atoms with van der Waals surface area (Å²) in [6.07, 6.45) is -2.73. The summed E-state index contributed by atoms with van der Waals surface area (Å²) in [6, 6.07) is 5.59. The van der Waals surface area contributed by atoms with Gasteiger partial charge in [0.05, 0.1) is 11.7 Å². The van der Waals surface area contributed by atoms with Crippen LogP contribution in [0, 0.1) is 0 Å². The summed E-state index contributed by atoms with van der Waals surface area (Å²) in [7, 11) is 0. The van der Waals surface area contributed by atoms with E-state index in [9.17, 15) is 19.8 Å². The maximum Gasteiger partial charge on any atom is 0.407 e. The molecule has 0 aliphatic carbocycles. The van der Waals surface area contributed by atoms with Gasteiger partial charge in [-0.25, -0.2) is 9.59 Å². The lowest BCUT2D eigenvalue weighted by molar-refractivity contribution is 0.0123. The topological polar surface area (TPSA) is 116 Å². The lowest BCUT2D eigenvalue weighted by atomic mass is 10.0. The third kappa shape index (κ3) is 6.66. The highest BCUT2D eigenvalue weighted by Crippen LogP contribution is 2.19. The molecule has 1 rings (SSSR count). The number of carboxylic acid groups (broad SMARTS) is 1. The Balaban J connectivity index is 2.46. The highest BCUT2D eigenvalue weighted by Gasteiger charge is 2.20. The van der Waals surface area contributed by atoms with Gasteiger partial charge in [-0.2, -0.15) is 0 Å². The average molecular weight is 325 g/mol. The van der Waals surface area contributed by atoms with Gasteiger partial charge >= 0.3 is 12.1 Å². The van der Waals surface area contributed by atoms with Crippen LogP contribution in [-0.4, -0.2) is 45.6 Å². The highest BCUT2D eigenvalue weighted by atomic mass is 16.6. The van der Waals surface area contributed by atoms with Crippen molar-refractivity contribution in [3.05, 3.63) is 35.4 Å². The molecule has 1 amide bonds. The minimum atomic E-state index is -1.17. The Morgan fingerprint density at radius 3 is 2.22 bits per heavy atom. The van der Waals surface area contributed by atoms with Crippen molar-refractivity contribution < 1.29 is 29.6 Å². The summed E-state index contributed by atoms with van der Waals surface area (Å²) in [4.78, 5) is 22.2. The number of carboxylic acids is 1. The third-order valence-corrected chi connectivity index (χ3v) is 2.97. The van der Waals surface area contributed by atoms with Gasteiger partial charge in [-0.15, -0.1) is 0 Å². The van der Waals surface area contributed by atoms with Crippen LogP contribution in [0.3, 0.4) is 0 Å². The van der Waals surface area contributed by atoms with Gasteiger partial charge in [0.25, 0.3) is 0 Å². The number of alkyl carbamates (subject to hydrolysis) is 1. The molecule has 128 valence electrons. The van der Waals surface area contributed by atoms with Gasteiger partial charge in [-0.3, -0.25) is 0 Å². The number of hydrogen-bond donors (Lipinski definition) is 4. The number of carbonyl (C=O) groups is 2. The Morgan fingerprint density at radius 1 is 1.17 bits per heavy atom. The molecule has 23 heavy (non-hydrogen) atoms. The lowest BCUT2D eigenvalue weighted by Gasteiger charge is -2.21. The van der Waals surface area contributed by atoms with Crippen molar-refractivity contribution in [2.45, 2.75) is 45.0 Å². The van der Waals surface area contributed by atoms with Crippen LogP contribution in [0.5, 0.6) is 0 Å². The van der Waals surface area contributed by atoms with Crippen LogP contribution in [0.2, 0.25) is 0 Å². The zero-order valence-electron chi connectivity index (χ0n) is 13.4. The van der Waals surface area contributed by atoms with Crippen molar-refractivity contribution in [2.24, 2.45) is 0 Å². The zero-order valence-corrected chi connectivity index (χ0v) is 13.4. The maximum absolute atomic E-state index is 11.4. The number of benzene rings is 1. The summed E-state index contributed by atoms with van der Waals surface area (Å²) in [5, 5.41) is 31.3. The van der Waals surface area contributed by atoms with E-state index < -0.39 is 29.9 Å². The number of ether oxygens (including phenoxy) is 1. The van der Waals surface area contributed by atoms with Crippen molar-refractivity contribution in [1.82, 2.24) is 5.32 Å². The maximum atomic E-state index is 11.4. The standard InChI is InChI=1S/C16H23NO6/c1-16(2,3)23-15(22)17-9-8-12(18)13(19)10-4-6-11(7-5-10)14(20)21/h4-7,12-13,18-19H,8-9H2,1-3H3,(H,17,22)(H,20,21). The Kier molecular flexibility index (Phi) is 6.53. The van der Waals surface area contributed by atoms with Gasteiger partial charge in [0.15, 0.2) is 0 Å². The Labute approximate surface area is 134 Å². The van der Waals surface area contributed by atoms with Crippen molar-refractivity contribution >= 4 is 12.1 Å². The predicted molar refractivity (Wildman–Crippen MR) is 83.2 cm³/mol. The molecule has 0 aromatic heterocycles. The van der Waals surface area contributed by atoms with Crippen molar-refractivity contribution in [3.8, 4) is 0 Å². The Hall–Kier alpha value is -2.12. The van der Waals surface area contributed by atoms with Crippen LogP contribution in [0.4, 0.5) is 4.79 Å². The minimum absolute atomic E-state index is 0.0991. The van der Waals surface area contributed by atoms with Gasteiger partial charge < -0.3 is 25.4 Å². The van der Waals surface area contributed by atoms with E-state index in [0.717, 1.165) is 0 Å². The lowest BCUT2D eigenvalue weighted by Crippen LogP contribution is -2.34. The molecule has 0 spiro atoms. The monoisotopic (exact) mass is 325 g/mol. The molecule has 1 aromatic rings. The summed E-state index contributed by atoms with van der Waals surface area (Å²) in [5.74, 6) is -1.06. The first-order valence-electron chi connectivity index (χ1n) is 7.26. The highest BCUT2D eigenvalue weighted by molar-refractivity contribution is 5.87. The molecule has 0 bridgehead atoms. The van der Waals surface area contributed by atoms with Gasteiger partial charge in [0.2, 0.25) is 0 Å². The fourth-order valence-electron chi connectivity index (χ4n) is 1.84. The van der Waals surface area contributed by atoms with E-state index in [1.807, 2.05) is 0 Å². The summed E-state index contributed by atoms with van der Waals surface area (Å²) < 4.78 is 5.05. The SMILES string of the molecule is CC(C)(C)OC(=O)NCCC(O)C(O)c1ccc(C(=O)O)cc1. The molecule has 7 heteroatoms. The fraction of sp³-hybridized carbons (Fsp3) is 0.500. The molecule has 0 aliphatic rings. The average Bonchev–Trinajstić information content (AvgIpc) is 2.44. The second-order valence-electron chi connectivity index (χ2n) is 6.16. The van der Waals surface area contributed by atoms with Gasteiger partial charge in [0, 0.05) is 6.54 Å². The number of aromatic carboxylic acids is 1. The molecule has 1 aromatic carbocycles. The quantitative estimate of drug-likeness (QED) is 0.632. The number of amides is 1. The van der Waals surface area contributed by atoms with Gasteiger partial charge in [-0.05, 0) is 44.9 Å². The molecule has 4 N–H and O–H groups in total. The molecular weight excluding hydrogens is 302 g/mol. The second kappa shape index (κ2) is 7.94. The molecule has 7 nitrogen and oxygen atoms in total. The fourth-order valence-corrected chi connectivity index (χ4v) is 1.84. The number of rotatable bonds is 6. The van der Waals surface area contributed by atoms with E-state index >= 15 is 0 Å². The summed E-state index contributed by atoms with van der Waals surface area (Å²) in [6.45, 7) is 5.37. The molecule has 0 saturated heterocycles. The van der Waals surface area contributed by atoms with E-state index in [1.165, 1.54) is 24.3 Å². The van der Waals surface area contributed by atoms with Crippen LogP contribution in [0.25, 0.3) is 0 Å². The van der Waals surface area contributed by atoms with Gasteiger partial charge in [0.1, 0.15) is 11.7 Å². The second-order valence-corrected chi connectivity index (χ2v) is 6.16. The molecule has 0 aliphatic heterocycles. The van der Waals surface area contributed by atoms with Crippen molar-refractivity contribution in [3.63, 3.8) is 0 Å². The molecular formula is C16H23NO6. The normalized spacial score (nSPS) is 14.0. The van der Waals surface area contributed by atoms with Crippen molar-refractivity contribution in [1.29, 1.82) is 0 Å². The molecule has 0 saturated carbocycles. The van der Waals surface area contributed by atoms with E-state index in [2.05, 4.69) is 5.32 Å². The number of aliphatic hydroxyl groups excluding tert-OH is 2. The predicted octanol–water partition coefficient (Wildman–Crippen LogP) is 1.69. The smallest absolute Gasteiger partial charge is 0.407 e. The van der Waals surface area contributed by atoms with Crippen molar-refractivity contribution in [2.75, 3.05) is 6.54 Å². The summed E-state index contributed by atoms with van der Waals surface area (Å²) >= 11 is 0. The van der Waals surface area contributed by atoms with Crippen LogP contribution in [0.15, 0.2) is 24.3 Å². The Morgan fingerprint density at radius 2 is 1.74 bits per heavy atom.